The fraction of sp³-hybridized carbons (Fsp3) is 0.273. The molecule has 4 nitrogen and oxygen atoms in total. The van der Waals surface area contributed by atoms with Gasteiger partial charge in [0, 0.05) is 31.4 Å². The van der Waals surface area contributed by atoms with E-state index < -0.39 is 0 Å². The fourth-order valence-corrected chi connectivity index (χ4v) is 0.995. The maximum absolute atomic E-state index is 11.3. The van der Waals surface area contributed by atoms with E-state index in [-0.39, 0.29) is 5.91 Å². The molecule has 0 fully saturated rings. The van der Waals surface area contributed by atoms with Crippen molar-refractivity contribution < 1.29 is 4.79 Å². The molecule has 80 valence electrons. The maximum Gasteiger partial charge on any atom is 0.244 e. The standard InChI is InChI=1S/C11H15N3O/c1-9(2)6-12-11(15)5-4-10-7-13-14(3)8-10/h4-5,7-8H,1,6H2,2-3H3,(H,12,15)/b5-4+. The minimum absolute atomic E-state index is 0.123. The van der Waals surface area contributed by atoms with E-state index in [0.29, 0.717) is 6.54 Å². The molecule has 0 radical (unpaired) electrons. The highest BCUT2D eigenvalue weighted by atomic mass is 16.1. The van der Waals surface area contributed by atoms with Crippen LogP contribution in [-0.2, 0) is 11.8 Å². The molecular weight excluding hydrogens is 190 g/mol. The average molecular weight is 205 g/mol. The Morgan fingerprint density at radius 3 is 3.00 bits per heavy atom. The summed E-state index contributed by atoms with van der Waals surface area (Å²) < 4.78 is 1.69. The van der Waals surface area contributed by atoms with Crippen molar-refractivity contribution >= 4 is 12.0 Å². The van der Waals surface area contributed by atoms with E-state index in [1.54, 1.807) is 17.0 Å². The monoisotopic (exact) mass is 205 g/mol. The van der Waals surface area contributed by atoms with Crippen LogP contribution in [0.3, 0.4) is 0 Å². The van der Waals surface area contributed by atoms with Crippen molar-refractivity contribution in [2.45, 2.75) is 6.92 Å². The van der Waals surface area contributed by atoms with E-state index in [2.05, 4.69) is 17.0 Å². The van der Waals surface area contributed by atoms with E-state index >= 15 is 0 Å². The quantitative estimate of drug-likeness (QED) is 0.591. The van der Waals surface area contributed by atoms with E-state index in [4.69, 9.17) is 0 Å². The molecule has 0 aromatic carbocycles. The van der Waals surface area contributed by atoms with Gasteiger partial charge in [0.1, 0.15) is 0 Å². The molecule has 0 spiro atoms. The predicted octanol–water partition coefficient (Wildman–Crippen LogP) is 1.13. The van der Waals surface area contributed by atoms with Crippen LogP contribution < -0.4 is 5.32 Å². The Balaban J connectivity index is 2.44. The normalized spacial score (nSPS) is 10.5. The molecule has 1 aromatic heterocycles. The highest BCUT2D eigenvalue weighted by molar-refractivity contribution is 5.91. The van der Waals surface area contributed by atoms with Crippen molar-refractivity contribution in [3.05, 3.63) is 36.2 Å². The van der Waals surface area contributed by atoms with Crippen molar-refractivity contribution in [2.24, 2.45) is 7.05 Å². The number of amides is 1. The van der Waals surface area contributed by atoms with Crippen molar-refractivity contribution in [1.82, 2.24) is 15.1 Å². The Morgan fingerprint density at radius 2 is 2.47 bits per heavy atom. The second-order valence-electron chi connectivity index (χ2n) is 3.46. The summed E-state index contributed by atoms with van der Waals surface area (Å²) >= 11 is 0. The summed E-state index contributed by atoms with van der Waals surface area (Å²) in [5, 5.41) is 6.70. The Hall–Kier alpha value is -1.84. The summed E-state index contributed by atoms with van der Waals surface area (Å²) in [4.78, 5) is 11.3. The van der Waals surface area contributed by atoms with Crippen molar-refractivity contribution in [2.75, 3.05) is 6.54 Å². The lowest BCUT2D eigenvalue weighted by Gasteiger charge is -1.99. The number of carbonyl (C=O) groups is 1. The van der Waals surface area contributed by atoms with Crippen LogP contribution in [0.4, 0.5) is 0 Å². The van der Waals surface area contributed by atoms with Crippen LogP contribution in [0.1, 0.15) is 12.5 Å². The molecule has 0 atom stereocenters. The van der Waals surface area contributed by atoms with Crippen molar-refractivity contribution in [3.63, 3.8) is 0 Å². The topological polar surface area (TPSA) is 46.9 Å². The number of hydrogen-bond acceptors (Lipinski definition) is 2. The first-order valence-corrected chi connectivity index (χ1v) is 4.67. The van der Waals surface area contributed by atoms with Crippen LogP contribution in [0.25, 0.3) is 6.08 Å². The van der Waals surface area contributed by atoms with Gasteiger partial charge in [-0.25, -0.2) is 0 Å². The van der Waals surface area contributed by atoms with Gasteiger partial charge in [0.15, 0.2) is 0 Å². The molecule has 0 saturated carbocycles. The van der Waals surface area contributed by atoms with Gasteiger partial charge in [-0.15, -0.1) is 0 Å². The van der Waals surface area contributed by atoms with Crippen LogP contribution in [0.5, 0.6) is 0 Å². The van der Waals surface area contributed by atoms with Gasteiger partial charge < -0.3 is 5.32 Å². The van der Waals surface area contributed by atoms with Gasteiger partial charge in [-0.3, -0.25) is 9.48 Å². The third-order valence-corrected chi connectivity index (χ3v) is 1.72. The molecule has 4 heteroatoms. The van der Waals surface area contributed by atoms with Crippen LogP contribution in [0.2, 0.25) is 0 Å². The molecule has 0 unspecified atom stereocenters. The summed E-state index contributed by atoms with van der Waals surface area (Å²) in [5.41, 5.74) is 1.83. The van der Waals surface area contributed by atoms with Gasteiger partial charge in [0.05, 0.1) is 6.20 Å². The summed E-state index contributed by atoms with van der Waals surface area (Å²) in [7, 11) is 1.83. The van der Waals surface area contributed by atoms with E-state index in [1.165, 1.54) is 6.08 Å². The van der Waals surface area contributed by atoms with Crippen molar-refractivity contribution in [3.8, 4) is 0 Å². The lowest BCUT2D eigenvalue weighted by molar-refractivity contribution is -0.116. The summed E-state index contributed by atoms with van der Waals surface area (Å²) in [6, 6.07) is 0. The van der Waals surface area contributed by atoms with Crippen LogP contribution in [-0.4, -0.2) is 22.2 Å². The lowest BCUT2D eigenvalue weighted by Crippen LogP contribution is -2.22. The van der Waals surface area contributed by atoms with E-state index in [1.807, 2.05) is 20.2 Å². The van der Waals surface area contributed by atoms with Crippen LogP contribution in [0, 0.1) is 0 Å². The van der Waals surface area contributed by atoms with Gasteiger partial charge in [-0.1, -0.05) is 12.2 Å². The molecule has 0 aliphatic rings. The number of carbonyl (C=O) groups excluding carboxylic acids is 1. The zero-order valence-electron chi connectivity index (χ0n) is 9.03. The molecule has 0 aliphatic heterocycles. The first kappa shape index (κ1) is 11.2. The Labute approximate surface area is 89.3 Å². The summed E-state index contributed by atoms with van der Waals surface area (Å²) in [6.07, 6.45) is 6.74. The van der Waals surface area contributed by atoms with Gasteiger partial charge in [0.2, 0.25) is 5.91 Å². The number of aromatic nitrogens is 2. The van der Waals surface area contributed by atoms with Crippen molar-refractivity contribution in [1.29, 1.82) is 0 Å². The molecule has 0 saturated heterocycles. The van der Waals surface area contributed by atoms with Crippen LogP contribution >= 0.6 is 0 Å². The Morgan fingerprint density at radius 1 is 1.73 bits per heavy atom. The zero-order valence-corrected chi connectivity index (χ0v) is 9.03. The van der Waals surface area contributed by atoms with Gasteiger partial charge in [-0.05, 0) is 13.0 Å². The Bertz CT molecular complexity index is 390. The average Bonchev–Trinajstić information content (AvgIpc) is 2.58. The lowest BCUT2D eigenvalue weighted by atomic mass is 10.3. The second-order valence-corrected chi connectivity index (χ2v) is 3.46. The number of nitrogens with one attached hydrogen (secondary N) is 1. The minimum Gasteiger partial charge on any atom is -0.349 e. The third kappa shape index (κ3) is 4.26. The first-order chi connectivity index (χ1) is 7.08. The molecule has 1 amide bonds. The first-order valence-electron chi connectivity index (χ1n) is 4.67. The van der Waals surface area contributed by atoms with E-state index in [0.717, 1.165) is 11.1 Å². The maximum atomic E-state index is 11.3. The fourth-order valence-electron chi connectivity index (χ4n) is 0.995. The summed E-state index contributed by atoms with van der Waals surface area (Å²) in [5.74, 6) is -0.123. The highest BCUT2D eigenvalue weighted by Gasteiger charge is 1.95. The largest absolute Gasteiger partial charge is 0.349 e. The number of aryl methyl sites for hydroxylation is 1. The van der Waals surface area contributed by atoms with Gasteiger partial charge in [-0.2, -0.15) is 5.10 Å². The molecule has 15 heavy (non-hydrogen) atoms. The smallest absolute Gasteiger partial charge is 0.244 e. The van der Waals surface area contributed by atoms with Crippen LogP contribution in [0.15, 0.2) is 30.6 Å². The number of nitrogens with zero attached hydrogens (tertiary/aromatic N) is 2. The highest BCUT2D eigenvalue weighted by Crippen LogP contribution is 1.98. The predicted molar refractivity (Wildman–Crippen MR) is 60.1 cm³/mol. The summed E-state index contributed by atoms with van der Waals surface area (Å²) in [6.45, 7) is 6.07. The molecular formula is C11H15N3O. The van der Waals surface area contributed by atoms with E-state index in [9.17, 15) is 4.79 Å². The SMILES string of the molecule is C=C(C)CNC(=O)/C=C/c1cnn(C)c1. The second kappa shape index (κ2) is 5.14. The molecule has 1 rings (SSSR count). The van der Waals surface area contributed by atoms with Gasteiger partial charge in [0.25, 0.3) is 0 Å². The van der Waals surface area contributed by atoms with Gasteiger partial charge >= 0.3 is 0 Å². The molecule has 0 bridgehead atoms. The minimum atomic E-state index is -0.123. The number of hydrogen-bond donors (Lipinski definition) is 1. The zero-order chi connectivity index (χ0) is 11.3. The Kier molecular flexibility index (Phi) is 3.85. The molecule has 1 aromatic rings. The molecule has 1 N–H and O–H groups in total. The number of rotatable bonds is 4. The molecule has 0 aliphatic carbocycles. The molecule has 1 heterocycles. The third-order valence-electron chi connectivity index (χ3n) is 1.72.